The third-order valence-corrected chi connectivity index (χ3v) is 4.16. The molecular weight excluding hydrogens is 341 g/mol. The highest BCUT2D eigenvalue weighted by Crippen LogP contribution is 2.24. The van der Waals surface area contributed by atoms with Crippen molar-refractivity contribution in [3.8, 4) is 5.75 Å². The van der Waals surface area contributed by atoms with Crippen LogP contribution in [0.5, 0.6) is 5.75 Å². The van der Waals surface area contributed by atoms with E-state index in [4.69, 9.17) is 16.3 Å². The molecule has 0 aromatic heterocycles. The number of halogens is 2. The van der Waals surface area contributed by atoms with Crippen molar-refractivity contribution in [2.45, 2.75) is 19.8 Å². The van der Waals surface area contributed by atoms with Crippen LogP contribution in [0.3, 0.4) is 0 Å². The van der Waals surface area contributed by atoms with Crippen LogP contribution in [0.15, 0.2) is 53.5 Å². The SMILES string of the molecule is CCCOc1ccc2c(c1)CCN=C2C=Cc1ccccc1Cl.Cl. The Bertz CT molecular complexity index is 753. The van der Waals surface area contributed by atoms with Gasteiger partial charge in [-0.2, -0.15) is 0 Å². The van der Waals surface area contributed by atoms with Gasteiger partial charge in [-0.15, -0.1) is 12.4 Å². The first-order valence-corrected chi connectivity index (χ1v) is 8.39. The lowest BCUT2D eigenvalue weighted by molar-refractivity contribution is 0.317. The summed E-state index contributed by atoms with van der Waals surface area (Å²) in [6, 6.07) is 14.1. The summed E-state index contributed by atoms with van der Waals surface area (Å²) in [5.74, 6) is 0.946. The number of hydrogen-bond acceptors (Lipinski definition) is 2. The Labute approximate surface area is 154 Å². The Morgan fingerprint density at radius 1 is 1.17 bits per heavy atom. The van der Waals surface area contributed by atoms with Crippen LogP contribution >= 0.6 is 24.0 Å². The Hall–Kier alpha value is -1.77. The minimum atomic E-state index is 0. The molecule has 4 heteroatoms. The van der Waals surface area contributed by atoms with E-state index in [1.165, 1.54) is 11.1 Å². The zero-order chi connectivity index (χ0) is 16.1. The van der Waals surface area contributed by atoms with Gasteiger partial charge in [0.2, 0.25) is 0 Å². The lowest BCUT2D eigenvalue weighted by Gasteiger charge is -2.16. The second-order valence-corrected chi connectivity index (χ2v) is 5.95. The molecule has 0 aliphatic carbocycles. The normalized spacial score (nSPS) is 13.2. The number of nitrogens with zero attached hydrogens (tertiary/aromatic N) is 1. The summed E-state index contributed by atoms with van der Waals surface area (Å²) in [5, 5.41) is 0.753. The topological polar surface area (TPSA) is 21.6 Å². The van der Waals surface area contributed by atoms with Crippen molar-refractivity contribution in [2.75, 3.05) is 13.2 Å². The molecule has 0 radical (unpaired) electrons. The van der Waals surface area contributed by atoms with Gasteiger partial charge >= 0.3 is 0 Å². The summed E-state index contributed by atoms with van der Waals surface area (Å²) < 4.78 is 5.73. The van der Waals surface area contributed by atoms with Gasteiger partial charge < -0.3 is 4.74 Å². The Morgan fingerprint density at radius 3 is 2.79 bits per heavy atom. The smallest absolute Gasteiger partial charge is 0.119 e. The fraction of sp³-hybridized carbons (Fsp3) is 0.250. The maximum Gasteiger partial charge on any atom is 0.119 e. The Kier molecular flexibility index (Phi) is 6.89. The molecule has 0 bridgehead atoms. The fourth-order valence-corrected chi connectivity index (χ4v) is 2.84. The van der Waals surface area contributed by atoms with Gasteiger partial charge in [0.1, 0.15) is 5.75 Å². The second kappa shape index (κ2) is 8.91. The number of aliphatic imine (C=N–C) groups is 1. The number of ether oxygens (including phenoxy) is 1. The minimum absolute atomic E-state index is 0. The Morgan fingerprint density at radius 2 is 2.00 bits per heavy atom. The van der Waals surface area contributed by atoms with Crippen molar-refractivity contribution in [2.24, 2.45) is 4.99 Å². The standard InChI is InChI=1S/C20H20ClNO.ClH/c1-2-13-23-17-8-9-18-16(14-17)11-12-22-20(18)10-7-15-5-3-4-6-19(15)21;/h3-10,14H,2,11-13H2,1H3;1H. The molecule has 2 aromatic rings. The first-order chi connectivity index (χ1) is 11.3. The van der Waals surface area contributed by atoms with Gasteiger partial charge in [-0.3, -0.25) is 4.99 Å². The monoisotopic (exact) mass is 361 g/mol. The molecular formula is C20H21Cl2NO. The van der Waals surface area contributed by atoms with E-state index in [1.54, 1.807) is 0 Å². The zero-order valence-corrected chi connectivity index (χ0v) is 15.2. The van der Waals surface area contributed by atoms with Crippen LogP contribution in [0.2, 0.25) is 5.02 Å². The summed E-state index contributed by atoms with van der Waals surface area (Å²) in [4.78, 5) is 4.65. The first kappa shape index (κ1) is 18.6. The molecule has 1 heterocycles. The van der Waals surface area contributed by atoms with Gasteiger partial charge in [-0.25, -0.2) is 0 Å². The summed E-state index contributed by atoms with van der Waals surface area (Å²) in [7, 11) is 0. The van der Waals surface area contributed by atoms with Gasteiger partial charge in [-0.1, -0.05) is 42.8 Å². The van der Waals surface area contributed by atoms with Crippen molar-refractivity contribution < 1.29 is 4.74 Å². The highest BCUT2D eigenvalue weighted by molar-refractivity contribution is 6.32. The number of hydrogen-bond donors (Lipinski definition) is 0. The number of benzene rings is 2. The molecule has 1 aliphatic heterocycles. The van der Waals surface area contributed by atoms with E-state index in [1.807, 2.05) is 42.5 Å². The van der Waals surface area contributed by atoms with Crippen LogP contribution in [0.25, 0.3) is 6.08 Å². The molecule has 0 atom stereocenters. The molecule has 24 heavy (non-hydrogen) atoms. The summed E-state index contributed by atoms with van der Waals surface area (Å²) >= 11 is 6.20. The first-order valence-electron chi connectivity index (χ1n) is 8.01. The van der Waals surface area contributed by atoms with Gasteiger partial charge in [0.25, 0.3) is 0 Å². The molecule has 0 N–H and O–H groups in total. The van der Waals surface area contributed by atoms with Crippen molar-refractivity contribution in [1.29, 1.82) is 0 Å². The molecule has 0 spiro atoms. The van der Waals surface area contributed by atoms with E-state index >= 15 is 0 Å². The van der Waals surface area contributed by atoms with Gasteiger partial charge in [0.05, 0.1) is 12.3 Å². The fourth-order valence-electron chi connectivity index (χ4n) is 2.64. The van der Waals surface area contributed by atoms with E-state index in [0.717, 1.165) is 48.0 Å². The number of allylic oxidation sites excluding steroid dienone is 1. The average Bonchev–Trinajstić information content (AvgIpc) is 2.59. The maximum absolute atomic E-state index is 6.20. The van der Waals surface area contributed by atoms with E-state index < -0.39 is 0 Å². The van der Waals surface area contributed by atoms with Crippen LogP contribution in [-0.4, -0.2) is 18.9 Å². The van der Waals surface area contributed by atoms with Gasteiger partial charge in [0, 0.05) is 17.1 Å². The summed E-state index contributed by atoms with van der Waals surface area (Å²) in [6.07, 6.45) is 6.05. The number of rotatable bonds is 5. The van der Waals surface area contributed by atoms with Crippen LogP contribution < -0.4 is 4.74 Å². The molecule has 2 nitrogen and oxygen atoms in total. The molecule has 0 saturated carbocycles. The highest BCUT2D eigenvalue weighted by atomic mass is 35.5. The predicted molar refractivity (Wildman–Crippen MR) is 105 cm³/mol. The van der Waals surface area contributed by atoms with Crippen molar-refractivity contribution in [3.63, 3.8) is 0 Å². The Balaban J connectivity index is 0.00000208. The summed E-state index contributed by atoms with van der Waals surface area (Å²) in [6.45, 7) is 3.68. The molecule has 2 aromatic carbocycles. The molecule has 0 fully saturated rings. The lowest BCUT2D eigenvalue weighted by Crippen LogP contribution is -2.11. The average molecular weight is 362 g/mol. The van der Waals surface area contributed by atoms with Gasteiger partial charge in [0.15, 0.2) is 0 Å². The van der Waals surface area contributed by atoms with Crippen molar-refractivity contribution in [3.05, 3.63) is 70.3 Å². The van der Waals surface area contributed by atoms with Crippen molar-refractivity contribution >= 4 is 35.8 Å². The third kappa shape index (κ3) is 4.40. The minimum Gasteiger partial charge on any atom is -0.494 e. The lowest BCUT2D eigenvalue weighted by atomic mass is 9.96. The van der Waals surface area contributed by atoms with E-state index in [0.29, 0.717) is 0 Å². The summed E-state index contributed by atoms with van der Waals surface area (Å²) in [5.41, 5.74) is 4.50. The van der Waals surface area contributed by atoms with Crippen LogP contribution in [-0.2, 0) is 6.42 Å². The van der Waals surface area contributed by atoms with Crippen LogP contribution in [0.1, 0.15) is 30.0 Å². The molecule has 0 unspecified atom stereocenters. The molecule has 0 saturated heterocycles. The van der Waals surface area contributed by atoms with Crippen LogP contribution in [0.4, 0.5) is 0 Å². The largest absolute Gasteiger partial charge is 0.494 e. The van der Waals surface area contributed by atoms with Crippen molar-refractivity contribution in [1.82, 2.24) is 0 Å². The number of fused-ring (bicyclic) bond motifs is 1. The van der Waals surface area contributed by atoms with E-state index in [9.17, 15) is 0 Å². The zero-order valence-electron chi connectivity index (χ0n) is 13.7. The van der Waals surface area contributed by atoms with Crippen LogP contribution in [0, 0.1) is 0 Å². The third-order valence-electron chi connectivity index (χ3n) is 3.81. The highest BCUT2D eigenvalue weighted by Gasteiger charge is 2.13. The van der Waals surface area contributed by atoms with Gasteiger partial charge in [-0.05, 0) is 54.3 Å². The van der Waals surface area contributed by atoms with E-state index in [2.05, 4.69) is 24.0 Å². The molecule has 1 aliphatic rings. The predicted octanol–water partition coefficient (Wildman–Crippen LogP) is 5.61. The maximum atomic E-state index is 6.20. The molecule has 126 valence electrons. The molecule has 3 rings (SSSR count). The molecule has 0 amide bonds. The quantitative estimate of drug-likeness (QED) is 0.678. The second-order valence-electron chi connectivity index (χ2n) is 5.54. The van der Waals surface area contributed by atoms with E-state index in [-0.39, 0.29) is 12.4 Å².